The normalized spacial score (nSPS) is 29.7. The van der Waals surface area contributed by atoms with Crippen LogP contribution >= 0.6 is 27.5 Å². The van der Waals surface area contributed by atoms with Crippen molar-refractivity contribution in [2.24, 2.45) is 11.8 Å². The zero-order chi connectivity index (χ0) is 28.5. The van der Waals surface area contributed by atoms with Crippen molar-refractivity contribution in [2.75, 3.05) is 31.1 Å². The van der Waals surface area contributed by atoms with Crippen LogP contribution in [0.4, 0.5) is 5.69 Å². The number of carbonyl (C=O) groups excluding carboxylic acids is 3. The molecule has 3 saturated heterocycles. The van der Waals surface area contributed by atoms with Crippen LogP contribution in [0.5, 0.6) is 0 Å². The molecular formula is C29H37BrClN3O5. The number of alkyl halides is 1. The maximum Gasteiger partial charge on any atom is 0.253 e. The second-order valence-corrected chi connectivity index (χ2v) is 12.1. The first-order valence-corrected chi connectivity index (χ1v) is 14.8. The molecule has 1 aromatic carbocycles. The van der Waals surface area contributed by atoms with E-state index in [2.05, 4.69) is 29.1 Å². The summed E-state index contributed by atoms with van der Waals surface area (Å²) in [7, 11) is 0. The quantitative estimate of drug-likeness (QED) is 0.283. The van der Waals surface area contributed by atoms with Gasteiger partial charge >= 0.3 is 0 Å². The predicted molar refractivity (Wildman–Crippen MR) is 155 cm³/mol. The molecule has 1 spiro atoms. The summed E-state index contributed by atoms with van der Waals surface area (Å²) >= 11 is 9.83. The Morgan fingerprint density at radius 3 is 2.46 bits per heavy atom. The third kappa shape index (κ3) is 4.96. The van der Waals surface area contributed by atoms with Crippen molar-refractivity contribution in [3.63, 3.8) is 0 Å². The standard InChI is InChI=1S/C29H37BrClN3O5/c1-5-13-32(14-6-2)26(36)22-23-27(37)34(19(8-4)17-35)25(29(23)16-21(30)24(22)39-29)28(38)33(15-7-3)20-11-9-18(31)10-12-20/h5,7,9-12,19,21-25,35H,1,3,6,8,13-17H2,2,4H3/t19-,21?,22-,23-,24-,25?,29?/m0/s1. The number of likely N-dealkylation sites (tertiary alicyclic amines) is 1. The number of hydrogen-bond acceptors (Lipinski definition) is 5. The number of halogens is 2. The highest BCUT2D eigenvalue weighted by molar-refractivity contribution is 9.09. The van der Waals surface area contributed by atoms with E-state index in [1.165, 1.54) is 4.90 Å². The lowest BCUT2D eigenvalue weighted by Gasteiger charge is -2.39. The Balaban J connectivity index is 1.83. The molecule has 1 aromatic rings. The number of anilines is 1. The molecule has 0 aliphatic carbocycles. The number of aliphatic hydroxyl groups excluding tert-OH is 1. The maximum absolute atomic E-state index is 14.5. The van der Waals surface area contributed by atoms with Gasteiger partial charge in [-0.15, -0.1) is 13.2 Å². The average molecular weight is 623 g/mol. The number of hydrogen-bond donors (Lipinski definition) is 1. The summed E-state index contributed by atoms with van der Waals surface area (Å²) in [5.74, 6) is -2.42. The second-order valence-electron chi connectivity index (χ2n) is 10.4. The van der Waals surface area contributed by atoms with Crippen molar-refractivity contribution in [2.45, 2.75) is 61.7 Å². The van der Waals surface area contributed by atoms with E-state index < -0.39 is 35.6 Å². The van der Waals surface area contributed by atoms with Gasteiger partial charge in [-0.05, 0) is 43.5 Å². The highest BCUT2D eigenvalue weighted by Crippen LogP contribution is 2.61. The van der Waals surface area contributed by atoms with Gasteiger partial charge in [0.05, 0.1) is 30.6 Å². The molecule has 212 valence electrons. The lowest BCUT2D eigenvalue weighted by atomic mass is 9.70. The molecule has 0 saturated carbocycles. The third-order valence-corrected chi connectivity index (χ3v) is 9.29. The molecule has 2 bridgehead atoms. The van der Waals surface area contributed by atoms with Gasteiger partial charge in [0, 0.05) is 35.2 Å². The molecule has 0 aromatic heterocycles. The summed E-state index contributed by atoms with van der Waals surface area (Å²) in [6.45, 7) is 12.3. The predicted octanol–water partition coefficient (Wildman–Crippen LogP) is 3.80. The summed E-state index contributed by atoms with van der Waals surface area (Å²) < 4.78 is 6.63. The Hall–Kier alpha value is -2.20. The van der Waals surface area contributed by atoms with Crippen molar-refractivity contribution in [1.82, 2.24) is 9.80 Å². The smallest absolute Gasteiger partial charge is 0.253 e. The van der Waals surface area contributed by atoms with E-state index in [4.69, 9.17) is 16.3 Å². The Morgan fingerprint density at radius 1 is 1.23 bits per heavy atom. The Labute approximate surface area is 243 Å². The van der Waals surface area contributed by atoms with Crippen molar-refractivity contribution < 1.29 is 24.2 Å². The number of ether oxygens (including phenoxy) is 1. The van der Waals surface area contributed by atoms with Crippen molar-refractivity contribution in [3.05, 3.63) is 54.6 Å². The van der Waals surface area contributed by atoms with Gasteiger partial charge in [0.15, 0.2) is 0 Å². The second kappa shape index (κ2) is 12.1. The fraction of sp³-hybridized carbons (Fsp3) is 0.552. The van der Waals surface area contributed by atoms with Gasteiger partial charge in [0.1, 0.15) is 11.6 Å². The summed E-state index contributed by atoms with van der Waals surface area (Å²) in [5.41, 5.74) is -0.613. The van der Waals surface area contributed by atoms with Gasteiger partial charge < -0.3 is 24.5 Å². The van der Waals surface area contributed by atoms with E-state index in [9.17, 15) is 19.5 Å². The lowest BCUT2D eigenvalue weighted by molar-refractivity contribution is -0.147. The molecule has 3 aliphatic rings. The van der Waals surface area contributed by atoms with E-state index in [0.717, 1.165) is 6.42 Å². The third-order valence-electron chi connectivity index (χ3n) is 8.19. The molecule has 1 N–H and O–H groups in total. The van der Waals surface area contributed by atoms with Gasteiger partial charge in [-0.25, -0.2) is 0 Å². The first-order chi connectivity index (χ1) is 18.7. The molecule has 3 heterocycles. The number of aliphatic hydroxyl groups is 1. The fourth-order valence-corrected chi connectivity index (χ4v) is 7.65. The molecule has 3 unspecified atom stereocenters. The zero-order valence-corrected chi connectivity index (χ0v) is 24.8. The van der Waals surface area contributed by atoms with Crippen LogP contribution < -0.4 is 4.90 Å². The minimum atomic E-state index is -1.21. The van der Waals surface area contributed by atoms with E-state index in [1.807, 2.05) is 13.8 Å². The Morgan fingerprint density at radius 2 is 1.90 bits per heavy atom. The van der Waals surface area contributed by atoms with E-state index in [0.29, 0.717) is 36.6 Å². The van der Waals surface area contributed by atoms with Gasteiger partial charge in [0.25, 0.3) is 5.91 Å². The molecule has 10 heteroatoms. The number of carbonyl (C=O) groups is 3. The molecule has 0 radical (unpaired) electrons. The first kappa shape index (κ1) is 29.8. The highest BCUT2D eigenvalue weighted by Gasteiger charge is 2.77. The molecule has 3 amide bonds. The summed E-state index contributed by atoms with van der Waals surface area (Å²) in [4.78, 5) is 47.3. The fourth-order valence-electron chi connectivity index (χ4n) is 6.58. The largest absolute Gasteiger partial charge is 0.394 e. The van der Waals surface area contributed by atoms with Crippen LogP contribution in [0.1, 0.15) is 33.1 Å². The van der Waals surface area contributed by atoms with Crippen LogP contribution in [0, 0.1) is 11.8 Å². The lowest BCUT2D eigenvalue weighted by Crippen LogP contribution is -2.59. The Kier molecular flexibility index (Phi) is 9.26. The van der Waals surface area contributed by atoms with Gasteiger partial charge in [-0.1, -0.05) is 53.5 Å². The molecule has 3 fully saturated rings. The molecular weight excluding hydrogens is 586 g/mol. The Bertz CT molecular complexity index is 1110. The van der Waals surface area contributed by atoms with Gasteiger partial charge in [-0.2, -0.15) is 0 Å². The van der Waals surface area contributed by atoms with Gasteiger partial charge in [-0.3, -0.25) is 14.4 Å². The molecule has 8 nitrogen and oxygen atoms in total. The average Bonchev–Trinajstić information content (AvgIpc) is 3.51. The molecule has 39 heavy (non-hydrogen) atoms. The zero-order valence-electron chi connectivity index (χ0n) is 22.5. The van der Waals surface area contributed by atoms with E-state index in [1.54, 1.807) is 46.2 Å². The number of rotatable bonds is 12. The van der Waals surface area contributed by atoms with Crippen molar-refractivity contribution >= 4 is 50.9 Å². The molecule has 4 rings (SSSR count). The van der Waals surface area contributed by atoms with Gasteiger partial charge in [0.2, 0.25) is 11.8 Å². The minimum absolute atomic E-state index is 0.170. The summed E-state index contributed by atoms with van der Waals surface area (Å²) in [6.07, 6.45) is 4.34. The van der Waals surface area contributed by atoms with Crippen LogP contribution in [0.15, 0.2) is 49.6 Å². The van der Waals surface area contributed by atoms with E-state index in [-0.39, 0.29) is 35.7 Å². The first-order valence-electron chi connectivity index (χ1n) is 13.5. The number of fused-ring (bicyclic) bond motifs is 1. The van der Waals surface area contributed by atoms with Crippen molar-refractivity contribution in [1.29, 1.82) is 0 Å². The van der Waals surface area contributed by atoms with Crippen LogP contribution in [0.3, 0.4) is 0 Å². The minimum Gasteiger partial charge on any atom is -0.394 e. The maximum atomic E-state index is 14.5. The summed E-state index contributed by atoms with van der Waals surface area (Å²) in [5, 5.41) is 10.8. The van der Waals surface area contributed by atoms with Crippen LogP contribution in [-0.4, -0.2) is 87.5 Å². The highest BCUT2D eigenvalue weighted by atomic mass is 79.9. The van der Waals surface area contributed by atoms with Crippen LogP contribution in [-0.2, 0) is 19.1 Å². The monoisotopic (exact) mass is 621 g/mol. The van der Waals surface area contributed by atoms with Crippen LogP contribution in [0.2, 0.25) is 5.02 Å². The molecule has 3 aliphatic heterocycles. The SMILES string of the molecule is C=CCN(CCC)C(=O)[C@H]1[C@H]2C(=O)N([C@@H](CC)CO)C(C(=O)N(CC=C)c3ccc(Cl)cc3)C23CC(Br)[C@@H]1O3. The summed E-state index contributed by atoms with van der Waals surface area (Å²) in [6, 6.07) is 5.26. The van der Waals surface area contributed by atoms with Crippen molar-refractivity contribution in [3.8, 4) is 0 Å². The van der Waals surface area contributed by atoms with Crippen LogP contribution in [0.25, 0.3) is 0 Å². The van der Waals surface area contributed by atoms with E-state index >= 15 is 0 Å². The topological polar surface area (TPSA) is 90.4 Å². The number of benzene rings is 1. The molecule has 7 atom stereocenters. The number of amides is 3. The number of nitrogens with zero attached hydrogens (tertiary/aromatic N) is 3.